The van der Waals surface area contributed by atoms with Gasteiger partial charge in [-0.05, 0) is 59.9 Å². The molecule has 1 amide bonds. The van der Waals surface area contributed by atoms with Crippen LogP contribution in [-0.2, 0) is 11.2 Å². The van der Waals surface area contributed by atoms with E-state index in [-0.39, 0.29) is 18.1 Å². The lowest BCUT2D eigenvalue weighted by Crippen LogP contribution is -2.12. The fraction of sp³-hybridized carbons (Fsp3) is 0.182. The average Bonchev–Trinajstić information content (AvgIpc) is 2.66. The second-order valence-corrected chi connectivity index (χ2v) is 5.50. The molecule has 0 saturated carbocycles. The molecule has 2 aromatic carbocycles. The van der Waals surface area contributed by atoms with E-state index in [0.29, 0.717) is 6.42 Å². The van der Waals surface area contributed by atoms with Crippen LogP contribution < -0.4 is 5.73 Å². The number of primary amides is 1. The molecule has 4 heteroatoms. The van der Waals surface area contributed by atoms with Gasteiger partial charge < -0.3 is 10.8 Å². The number of carbonyl (C=O) groups is 1. The summed E-state index contributed by atoms with van der Waals surface area (Å²) in [6.45, 7) is 1.94. The first kappa shape index (κ1) is 20.7. The molecule has 0 unspecified atom stereocenters. The molecule has 0 radical (unpaired) electrons. The third-order valence-corrected chi connectivity index (χ3v) is 3.76. The number of benzene rings is 2. The minimum Gasteiger partial charge on any atom is -0.508 e. The standard InChI is InChI=1S/C20H22N2O2.C2H2/c1-3-5-19(22-2)16-8-10-18(14-6-4-7-17(23)13-14)15(12-16)9-11-20(21)24;1-2/h3-8,10,12-13,23H,9,11H2,1-2H3,(H2,21,24);1-2H/b5-3-,22-19?;. The highest BCUT2D eigenvalue weighted by Crippen LogP contribution is 2.28. The topological polar surface area (TPSA) is 75.7 Å². The second kappa shape index (κ2) is 10.5. The Hall–Kier alpha value is -3.32. The summed E-state index contributed by atoms with van der Waals surface area (Å²) < 4.78 is 0. The van der Waals surface area contributed by atoms with Gasteiger partial charge in [0.15, 0.2) is 0 Å². The Morgan fingerprint density at radius 2 is 1.96 bits per heavy atom. The molecule has 0 saturated heterocycles. The van der Waals surface area contributed by atoms with Crippen LogP contribution in [0.25, 0.3) is 11.1 Å². The highest BCUT2D eigenvalue weighted by atomic mass is 16.3. The molecule has 134 valence electrons. The van der Waals surface area contributed by atoms with E-state index in [1.165, 1.54) is 0 Å². The lowest BCUT2D eigenvalue weighted by atomic mass is 9.93. The molecule has 26 heavy (non-hydrogen) atoms. The smallest absolute Gasteiger partial charge is 0.217 e. The Morgan fingerprint density at radius 3 is 2.54 bits per heavy atom. The summed E-state index contributed by atoms with van der Waals surface area (Å²) in [5.74, 6) is -0.123. The molecular weight excluding hydrogens is 324 g/mol. The van der Waals surface area contributed by atoms with Crippen molar-refractivity contribution < 1.29 is 9.90 Å². The Morgan fingerprint density at radius 1 is 1.23 bits per heavy atom. The number of hydrogen-bond acceptors (Lipinski definition) is 3. The third kappa shape index (κ3) is 5.64. The minimum absolute atomic E-state index is 0.210. The molecule has 0 aliphatic rings. The van der Waals surface area contributed by atoms with Crippen molar-refractivity contribution in [3.63, 3.8) is 0 Å². The van der Waals surface area contributed by atoms with Crippen LogP contribution in [0.4, 0.5) is 0 Å². The first-order valence-electron chi connectivity index (χ1n) is 8.19. The van der Waals surface area contributed by atoms with Gasteiger partial charge in [-0.1, -0.05) is 30.3 Å². The molecule has 0 atom stereocenters. The molecule has 3 N–H and O–H groups in total. The lowest BCUT2D eigenvalue weighted by Gasteiger charge is -2.12. The summed E-state index contributed by atoms with van der Waals surface area (Å²) in [5, 5.41) is 9.73. The number of aromatic hydroxyl groups is 1. The van der Waals surface area contributed by atoms with Gasteiger partial charge in [-0.15, -0.1) is 12.8 Å². The monoisotopic (exact) mass is 348 g/mol. The van der Waals surface area contributed by atoms with Crippen LogP contribution in [0.2, 0.25) is 0 Å². The van der Waals surface area contributed by atoms with E-state index in [0.717, 1.165) is 28.0 Å². The molecule has 0 spiro atoms. The molecule has 0 fully saturated rings. The van der Waals surface area contributed by atoms with E-state index in [2.05, 4.69) is 17.8 Å². The summed E-state index contributed by atoms with van der Waals surface area (Å²) in [4.78, 5) is 15.5. The molecule has 2 aromatic rings. The molecule has 0 bridgehead atoms. The quantitative estimate of drug-likeness (QED) is 0.616. The van der Waals surface area contributed by atoms with Gasteiger partial charge in [0.1, 0.15) is 5.75 Å². The molecule has 0 aromatic heterocycles. The zero-order valence-electron chi connectivity index (χ0n) is 15.1. The first-order valence-corrected chi connectivity index (χ1v) is 8.19. The largest absolute Gasteiger partial charge is 0.508 e. The van der Waals surface area contributed by atoms with Gasteiger partial charge in [0.25, 0.3) is 0 Å². The van der Waals surface area contributed by atoms with Crippen molar-refractivity contribution >= 4 is 11.6 Å². The Labute approximate surface area is 155 Å². The summed E-state index contributed by atoms with van der Waals surface area (Å²) >= 11 is 0. The van der Waals surface area contributed by atoms with E-state index in [1.54, 1.807) is 25.2 Å². The average molecular weight is 348 g/mol. The number of rotatable bonds is 6. The van der Waals surface area contributed by atoms with E-state index < -0.39 is 0 Å². The molecule has 2 rings (SSSR count). The predicted molar refractivity (Wildman–Crippen MR) is 108 cm³/mol. The van der Waals surface area contributed by atoms with Crippen molar-refractivity contribution in [3.8, 4) is 29.7 Å². The third-order valence-electron chi connectivity index (χ3n) is 3.76. The lowest BCUT2D eigenvalue weighted by molar-refractivity contribution is -0.117. The van der Waals surface area contributed by atoms with E-state index in [9.17, 15) is 9.90 Å². The van der Waals surface area contributed by atoms with Crippen LogP contribution in [0.3, 0.4) is 0 Å². The fourth-order valence-corrected chi connectivity index (χ4v) is 2.63. The van der Waals surface area contributed by atoms with Crippen molar-refractivity contribution in [1.29, 1.82) is 0 Å². The molecular formula is C22H24N2O2. The van der Waals surface area contributed by atoms with Crippen LogP contribution in [0.15, 0.2) is 59.6 Å². The highest BCUT2D eigenvalue weighted by Gasteiger charge is 2.10. The normalized spacial score (nSPS) is 11.0. The van der Waals surface area contributed by atoms with E-state index in [4.69, 9.17) is 5.73 Å². The number of nitrogens with two attached hydrogens (primary N) is 1. The van der Waals surface area contributed by atoms with Gasteiger partial charge in [-0.2, -0.15) is 0 Å². The van der Waals surface area contributed by atoms with E-state index in [1.807, 2.05) is 43.3 Å². The maximum Gasteiger partial charge on any atom is 0.217 e. The van der Waals surface area contributed by atoms with Gasteiger partial charge in [-0.25, -0.2) is 0 Å². The summed E-state index contributed by atoms with van der Waals surface area (Å²) in [6.07, 6.45) is 12.7. The van der Waals surface area contributed by atoms with Crippen molar-refractivity contribution in [2.45, 2.75) is 19.8 Å². The molecule has 4 nitrogen and oxygen atoms in total. The summed E-state index contributed by atoms with van der Waals surface area (Å²) in [5.41, 5.74) is 10.1. The van der Waals surface area contributed by atoms with Crippen LogP contribution in [0, 0.1) is 12.8 Å². The van der Waals surface area contributed by atoms with Gasteiger partial charge in [-0.3, -0.25) is 9.79 Å². The molecule has 0 aliphatic carbocycles. The number of amides is 1. The van der Waals surface area contributed by atoms with Gasteiger partial charge in [0, 0.05) is 13.5 Å². The number of carbonyl (C=O) groups excluding carboxylic acids is 1. The van der Waals surface area contributed by atoms with Gasteiger partial charge in [0.2, 0.25) is 5.91 Å². The number of phenols is 1. The number of aliphatic imine (C=N–C) groups is 1. The second-order valence-electron chi connectivity index (χ2n) is 5.50. The first-order chi connectivity index (χ1) is 12.5. The Balaban J connectivity index is 0.00000163. The van der Waals surface area contributed by atoms with Crippen LogP contribution in [0.1, 0.15) is 24.5 Å². The minimum atomic E-state index is -0.333. The fourth-order valence-electron chi connectivity index (χ4n) is 2.63. The van der Waals surface area contributed by atoms with E-state index >= 15 is 0 Å². The molecule has 0 aliphatic heterocycles. The van der Waals surface area contributed by atoms with Crippen LogP contribution in [-0.4, -0.2) is 23.8 Å². The SMILES string of the molecule is C#C.C/C=C\C(=NC)c1ccc(-c2cccc(O)c2)c(CCC(N)=O)c1. The number of terminal acetylenes is 1. The number of hydrogen-bond donors (Lipinski definition) is 2. The van der Waals surface area contributed by atoms with Crippen molar-refractivity contribution in [1.82, 2.24) is 0 Å². The number of allylic oxidation sites excluding steroid dienone is 2. The summed E-state index contributed by atoms with van der Waals surface area (Å²) in [6, 6.07) is 13.1. The zero-order valence-corrected chi connectivity index (χ0v) is 15.1. The zero-order chi connectivity index (χ0) is 19.5. The maximum absolute atomic E-state index is 11.2. The number of nitrogens with zero attached hydrogens (tertiary/aromatic N) is 1. The van der Waals surface area contributed by atoms with Gasteiger partial charge in [0.05, 0.1) is 5.71 Å². The van der Waals surface area contributed by atoms with Crippen molar-refractivity contribution in [2.24, 2.45) is 10.7 Å². The Kier molecular flexibility index (Phi) is 8.39. The van der Waals surface area contributed by atoms with Crippen LogP contribution in [0.5, 0.6) is 5.75 Å². The van der Waals surface area contributed by atoms with Gasteiger partial charge >= 0.3 is 0 Å². The highest BCUT2D eigenvalue weighted by molar-refractivity contribution is 6.09. The van der Waals surface area contributed by atoms with Crippen molar-refractivity contribution in [3.05, 3.63) is 65.7 Å². The van der Waals surface area contributed by atoms with Crippen molar-refractivity contribution in [2.75, 3.05) is 7.05 Å². The van der Waals surface area contributed by atoms with Crippen LogP contribution >= 0.6 is 0 Å². The number of phenolic OH excluding ortho intramolecular Hbond substituents is 1. The number of aryl methyl sites for hydroxylation is 1. The summed E-state index contributed by atoms with van der Waals surface area (Å²) in [7, 11) is 1.75. The maximum atomic E-state index is 11.2. The Bertz CT molecular complexity index is 833. The molecule has 0 heterocycles. The predicted octanol–water partition coefficient (Wildman–Crippen LogP) is 3.72.